The molecule has 2 aliphatic rings. The Kier molecular flexibility index (Phi) is 6.26. The summed E-state index contributed by atoms with van der Waals surface area (Å²) in [5, 5.41) is 0. The molecule has 3 heterocycles. The summed E-state index contributed by atoms with van der Waals surface area (Å²) in [6.07, 6.45) is 2.54. The maximum atomic E-state index is 12.5. The van der Waals surface area contributed by atoms with E-state index in [4.69, 9.17) is 10.5 Å². The number of piperazine rings is 1. The van der Waals surface area contributed by atoms with Gasteiger partial charge in [-0.05, 0) is 5.92 Å². The first-order chi connectivity index (χ1) is 12.6. The van der Waals surface area contributed by atoms with E-state index in [0.29, 0.717) is 13.1 Å². The molecule has 2 atom stereocenters. The van der Waals surface area contributed by atoms with Gasteiger partial charge in [0.15, 0.2) is 0 Å². The summed E-state index contributed by atoms with van der Waals surface area (Å²) < 4.78 is 5.40. The molecule has 8 heteroatoms. The Labute approximate surface area is 155 Å². The van der Waals surface area contributed by atoms with Gasteiger partial charge >= 0.3 is 0 Å². The number of hydrogen-bond acceptors (Lipinski definition) is 7. The van der Waals surface area contributed by atoms with E-state index in [-0.39, 0.29) is 11.8 Å². The number of amides is 1. The first-order valence-corrected chi connectivity index (χ1v) is 9.54. The van der Waals surface area contributed by atoms with Crippen LogP contribution in [0.25, 0.3) is 0 Å². The summed E-state index contributed by atoms with van der Waals surface area (Å²) in [6.45, 7) is 10.2. The number of aromatic nitrogens is 2. The Hall–Kier alpha value is -1.93. The van der Waals surface area contributed by atoms with Gasteiger partial charge in [-0.25, -0.2) is 9.97 Å². The Balaban J connectivity index is 1.59. The molecular formula is C18H30N6O2. The standard InChI is InChI=1S/C18H30N6O2/c1-3-14(2)17(19)18(25)24-6-4-22(5-7-24)15-12-16(21-13-20-15)23-8-10-26-11-9-23/h12-14,17H,3-11,19H2,1-2H3. The van der Waals surface area contributed by atoms with E-state index in [0.717, 1.165) is 57.4 Å². The fraction of sp³-hybridized carbons (Fsp3) is 0.722. The number of anilines is 2. The van der Waals surface area contributed by atoms with Gasteiger partial charge in [0.25, 0.3) is 0 Å². The van der Waals surface area contributed by atoms with Crippen molar-refractivity contribution < 1.29 is 9.53 Å². The van der Waals surface area contributed by atoms with Crippen LogP contribution in [0.3, 0.4) is 0 Å². The van der Waals surface area contributed by atoms with Crippen molar-refractivity contribution in [2.75, 3.05) is 62.3 Å². The number of hydrogen-bond donors (Lipinski definition) is 1. The number of carbonyl (C=O) groups is 1. The van der Waals surface area contributed by atoms with E-state index in [9.17, 15) is 4.79 Å². The molecule has 0 bridgehead atoms. The molecule has 0 aliphatic carbocycles. The smallest absolute Gasteiger partial charge is 0.239 e. The minimum atomic E-state index is -0.404. The molecule has 8 nitrogen and oxygen atoms in total. The Morgan fingerprint density at radius 1 is 1.12 bits per heavy atom. The third-order valence-corrected chi connectivity index (χ3v) is 5.43. The largest absolute Gasteiger partial charge is 0.378 e. The molecule has 0 aromatic carbocycles. The number of ether oxygens (including phenoxy) is 1. The van der Waals surface area contributed by atoms with Crippen LogP contribution in [0.4, 0.5) is 11.6 Å². The van der Waals surface area contributed by atoms with Gasteiger partial charge in [0.2, 0.25) is 5.91 Å². The van der Waals surface area contributed by atoms with E-state index in [1.807, 2.05) is 17.9 Å². The third-order valence-electron chi connectivity index (χ3n) is 5.43. The van der Waals surface area contributed by atoms with Crippen molar-refractivity contribution in [2.45, 2.75) is 26.3 Å². The van der Waals surface area contributed by atoms with Crippen molar-refractivity contribution in [3.63, 3.8) is 0 Å². The van der Waals surface area contributed by atoms with Crippen molar-refractivity contribution in [2.24, 2.45) is 11.7 Å². The Morgan fingerprint density at radius 3 is 2.27 bits per heavy atom. The average Bonchev–Trinajstić information content (AvgIpc) is 2.73. The summed E-state index contributed by atoms with van der Waals surface area (Å²) >= 11 is 0. The first kappa shape index (κ1) is 18.8. The molecule has 1 amide bonds. The molecule has 2 unspecified atom stereocenters. The monoisotopic (exact) mass is 362 g/mol. The molecule has 2 N–H and O–H groups in total. The van der Waals surface area contributed by atoms with Crippen LogP contribution in [-0.2, 0) is 9.53 Å². The van der Waals surface area contributed by atoms with Gasteiger partial charge in [0.1, 0.15) is 18.0 Å². The fourth-order valence-electron chi connectivity index (χ4n) is 3.34. The summed E-state index contributed by atoms with van der Waals surface area (Å²) in [5.74, 6) is 2.13. The number of carbonyl (C=O) groups excluding carboxylic acids is 1. The van der Waals surface area contributed by atoms with E-state index >= 15 is 0 Å². The van der Waals surface area contributed by atoms with Crippen molar-refractivity contribution in [3.05, 3.63) is 12.4 Å². The summed E-state index contributed by atoms with van der Waals surface area (Å²) in [4.78, 5) is 27.7. The number of rotatable bonds is 5. The first-order valence-electron chi connectivity index (χ1n) is 9.54. The van der Waals surface area contributed by atoms with Crippen molar-refractivity contribution in [1.29, 1.82) is 0 Å². The molecule has 1 aromatic heterocycles. The highest BCUT2D eigenvalue weighted by Crippen LogP contribution is 2.20. The zero-order valence-electron chi connectivity index (χ0n) is 15.8. The van der Waals surface area contributed by atoms with Crippen molar-refractivity contribution in [1.82, 2.24) is 14.9 Å². The molecule has 26 heavy (non-hydrogen) atoms. The van der Waals surface area contributed by atoms with Gasteiger partial charge in [0, 0.05) is 45.3 Å². The highest BCUT2D eigenvalue weighted by atomic mass is 16.5. The highest BCUT2D eigenvalue weighted by molar-refractivity contribution is 5.82. The molecule has 0 radical (unpaired) electrons. The highest BCUT2D eigenvalue weighted by Gasteiger charge is 2.28. The second-order valence-corrected chi connectivity index (χ2v) is 7.06. The predicted octanol–water partition coefficient (Wildman–Crippen LogP) is 0.335. The summed E-state index contributed by atoms with van der Waals surface area (Å²) in [6, 6.07) is 1.63. The molecule has 2 aliphatic heterocycles. The SMILES string of the molecule is CCC(C)C(N)C(=O)N1CCN(c2cc(N3CCOCC3)ncn2)CC1. The number of nitrogens with zero attached hydrogens (tertiary/aromatic N) is 5. The molecule has 2 fully saturated rings. The second-order valence-electron chi connectivity index (χ2n) is 7.06. The summed E-state index contributed by atoms with van der Waals surface area (Å²) in [5.41, 5.74) is 6.11. The lowest BCUT2D eigenvalue weighted by Crippen LogP contribution is -2.54. The van der Waals surface area contributed by atoms with E-state index in [1.165, 1.54) is 0 Å². The predicted molar refractivity (Wildman–Crippen MR) is 101 cm³/mol. The van der Waals surface area contributed by atoms with E-state index < -0.39 is 6.04 Å². The van der Waals surface area contributed by atoms with Crippen LogP contribution in [0.5, 0.6) is 0 Å². The van der Waals surface area contributed by atoms with Crippen LogP contribution in [0, 0.1) is 5.92 Å². The van der Waals surface area contributed by atoms with Crippen LogP contribution in [0.2, 0.25) is 0 Å². The van der Waals surface area contributed by atoms with Gasteiger partial charge in [-0.3, -0.25) is 4.79 Å². The zero-order chi connectivity index (χ0) is 18.5. The lowest BCUT2D eigenvalue weighted by molar-refractivity contribution is -0.134. The number of nitrogens with two attached hydrogens (primary N) is 1. The Morgan fingerprint density at radius 2 is 1.69 bits per heavy atom. The fourth-order valence-corrected chi connectivity index (χ4v) is 3.34. The van der Waals surface area contributed by atoms with E-state index in [2.05, 4.69) is 26.7 Å². The lowest BCUT2D eigenvalue weighted by atomic mass is 9.98. The van der Waals surface area contributed by atoms with E-state index in [1.54, 1.807) is 6.33 Å². The van der Waals surface area contributed by atoms with Gasteiger partial charge in [-0.2, -0.15) is 0 Å². The number of morpholine rings is 1. The molecule has 144 valence electrons. The minimum Gasteiger partial charge on any atom is -0.378 e. The van der Waals surface area contributed by atoms with Crippen LogP contribution in [-0.4, -0.2) is 79.3 Å². The van der Waals surface area contributed by atoms with Gasteiger partial charge in [0.05, 0.1) is 19.3 Å². The third kappa shape index (κ3) is 4.24. The van der Waals surface area contributed by atoms with Gasteiger partial charge in [-0.1, -0.05) is 20.3 Å². The maximum absolute atomic E-state index is 12.5. The van der Waals surface area contributed by atoms with Crippen molar-refractivity contribution in [3.8, 4) is 0 Å². The zero-order valence-corrected chi connectivity index (χ0v) is 15.8. The van der Waals surface area contributed by atoms with Gasteiger partial charge < -0.3 is 25.2 Å². The summed E-state index contributed by atoms with van der Waals surface area (Å²) in [7, 11) is 0. The molecule has 3 rings (SSSR count). The topological polar surface area (TPSA) is 87.8 Å². The maximum Gasteiger partial charge on any atom is 0.239 e. The van der Waals surface area contributed by atoms with Crippen molar-refractivity contribution >= 4 is 17.5 Å². The van der Waals surface area contributed by atoms with Gasteiger partial charge in [-0.15, -0.1) is 0 Å². The molecular weight excluding hydrogens is 332 g/mol. The van der Waals surface area contributed by atoms with Crippen LogP contribution >= 0.6 is 0 Å². The molecule has 1 aromatic rings. The normalized spacial score (nSPS) is 20.8. The average molecular weight is 362 g/mol. The molecule has 0 spiro atoms. The van der Waals surface area contributed by atoms with Crippen LogP contribution in [0.1, 0.15) is 20.3 Å². The minimum absolute atomic E-state index is 0.0655. The molecule has 0 saturated carbocycles. The molecule has 2 saturated heterocycles. The van der Waals surface area contributed by atoms with Crippen LogP contribution in [0.15, 0.2) is 12.4 Å². The lowest BCUT2D eigenvalue weighted by Gasteiger charge is -2.37. The Bertz CT molecular complexity index is 599. The quantitative estimate of drug-likeness (QED) is 0.808. The second kappa shape index (κ2) is 8.64. The van der Waals surface area contributed by atoms with Crippen LogP contribution < -0.4 is 15.5 Å².